The van der Waals surface area contributed by atoms with Crippen LogP contribution in [0.3, 0.4) is 0 Å². The fourth-order valence-electron chi connectivity index (χ4n) is 3.29. The van der Waals surface area contributed by atoms with Crippen LogP contribution in [0, 0.1) is 5.92 Å². The van der Waals surface area contributed by atoms with Crippen LogP contribution < -0.4 is 10.5 Å². The van der Waals surface area contributed by atoms with E-state index in [1.54, 1.807) is 12.1 Å². The number of aromatic nitrogens is 3. The predicted octanol–water partition coefficient (Wildman–Crippen LogP) is 1.64. The van der Waals surface area contributed by atoms with Crippen molar-refractivity contribution < 1.29 is 13.2 Å². The third kappa shape index (κ3) is 6.32. The number of carbonyl (C=O) groups is 1. The smallest absolute Gasteiger partial charge is 0.238 e. The molecule has 1 saturated carbocycles. The molecule has 0 bridgehead atoms. The predicted molar refractivity (Wildman–Crippen MR) is 107 cm³/mol. The molecule has 1 aromatic heterocycles. The fourth-order valence-corrected chi connectivity index (χ4v) is 4.46. The zero-order valence-corrected chi connectivity index (χ0v) is 17.2. The first-order valence-corrected chi connectivity index (χ1v) is 11.9. The Hall–Kier alpha value is -1.91. The molecule has 0 saturated heterocycles. The van der Waals surface area contributed by atoms with Gasteiger partial charge in [0.25, 0.3) is 0 Å². The summed E-state index contributed by atoms with van der Waals surface area (Å²) in [5.41, 5.74) is 0.922. The Labute approximate surface area is 169 Å². The summed E-state index contributed by atoms with van der Waals surface area (Å²) < 4.78 is 22.5. The monoisotopic (exact) mass is 423 g/mol. The number of H-pyrrole nitrogens is 1. The molecule has 1 amide bonds. The number of aromatic amines is 1. The molecule has 4 N–H and O–H groups in total. The largest absolute Gasteiger partial charge is 0.355 e. The van der Waals surface area contributed by atoms with Crippen LogP contribution >= 0.6 is 11.8 Å². The Morgan fingerprint density at radius 2 is 1.96 bits per heavy atom. The highest BCUT2D eigenvalue weighted by Crippen LogP contribution is 2.27. The third-order valence-corrected chi connectivity index (χ3v) is 6.56. The van der Waals surface area contributed by atoms with Gasteiger partial charge in [0.05, 0.1) is 10.6 Å². The van der Waals surface area contributed by atoms with Gasteiger partial charge in [-0.3, -0.25) is 9.89 Å². The van der Waals surface area contributed by atoms with Gasteiger partial charge < -0.3 is 5.32 Å². The number of amides is 1. The summed E-state index contributed by atoms with van der Waals surface area (Å²) in [6.07, 6.45) is 6.66. The number of carbonyl (C=O) groups excluding carboxylic acids is 1. The average Bonchev–Trinajstić information content (AvgIpc) is 3.32. The van der Waals surface area contributed by atoms with E-state index >= 15 is 0 Å². The van der Waals surface area contributed by atoms with Crippen LogP contribution in [0.15, 0.2) is 34.3 Å². The Bertz CT molecular complexity index is 890. The van der Waals surface area contributed by atoms with Crippen molar-refractivity contribution in [1.29, 1.82) is 0 Å². The van der Waals surface area contributed by atoms with E-state index in [9.17, 15) is 13.2 Å². The van der Waals surface area contributed by atoms with E-state index in [1.807, 2.05) is 0 Å². The second-order valence-corrected chi connectivity index (χ2v) is 9.50. The highest BCUT2D eigenvalue weighted by molar-refractivity contribution is 7.99. The molecule has 3 rings (SSSR count). The van der Waals surface area contributed by atoms with Crippen LogP contribution in [0.5, 0.6) is 0 Å². The third-order valence-electron chi connectivity index (χ3n) is 4.79. The number of sulfonamides is 1. The maximum atomic E-state index is 12.0. The molecule has 0 spiro atoms. The van der Waals surface area contributed by atoms with Gasteiger partial charge in [-0.15, -0.1) is 5.10 Å². The molecule has 1 aliphatic carbocycles. The number of nitrogens with zero attached hydrogens (tertiary/aromatic N) is 2. The summed E-state index contributed by atoms with van der Waals surface area (Å²) in [6, 6.07) is 6.32. The summed E-state index contributed by atoms with van der Waals surface area (Å²) in [5, 5.41) is 15.7. The molecule has 28 heavy (non-hydrogen) atoms. The van der Waals surface area contributed by atoms with E-state index in [1.165, 1.54) is 49.6 Å². The Morgan fingerprint density at radius 1 is 1.25 bits per heavy atom. The molecule has 0 radical (unpaired) electrons. The lowest BCUT2D eigenvalue weighted by Crippen LogP contribution is -2.27. The van der Waals surface area contributed by atoms with Crippen molar-refractivity contribution in [2.75, 3.05) is 12.3 Å². The van der Waals surface area contributed by atoms with Crippen LogP contribution in [0.2, 0.25) is 0 Å². The number of benzene rings is 1. The first-order valence-electron chi connectivity index (χ1n) is 9.32. The summed E-state index contributed by atoms with van der Waals surface area (Å²) in [7, 11) is -3.68. The standard InChI is InChI=1S/C18H25N5O3S2/c19-28(25,26)15-7-5-13(6-8-15)9-10-20-17(24)12-27-18-21-16(22-23-18)11-14-3-1-2-4-14/h5-8,14H,1-4,9-12H2,(H,20,24)(H2,19,25,26)(H,21,22,23). The SMILES string of the molecule is NS(=O)(=O)c1ccc(CCNC(=O)CSc2n[nH]c(CC3CCCC3)n2)cc1. The lowest BCUT2D eigenvalue weighted by Gasteiger charge is -2.05. The highest BCUT2D eigenvalue weighted by Gasteiger charge is 2.17. The molecule has 0 unspecified atom stereocenters. The summed E-state index contributed by atoms with van der Waals surface area (Å²) in [5.74, 6) is 1.77. The lowest BCUT2D eigenvalue weighted by atomic mass is 10.0. The second-order valence-electron chi connectivity index (χ2n) is 7.00. The molecule has 0 atom stereocenters. The van der Waals surface area contributed by atoms with Crippen LogP contribution in [0.25, 0.3) is 0 Å². The highest BCUT2D eigenvalue weighted by atomic mass is 32.2. The molecule has 152 valence electrons. The van der Waals surface area contributed by atoms with Crippen LogP contribution in [-0.2, 0) is 27.7 Å². The summed E-state index contributed by atoms with van der Waals surface area (Å²) >= 11 is 1.31. The Kier molecular flexibility index (Phi) is 7.08. The molecule has 1 fully saturated rings. The van der Waals surface area contributed by atoms with E-state index < -0.39 is 10.0 Å². The van der Waals surface area contributed by atoms with Crippen molar-refractivity contribution in [1.82, 2.24) is 20.5 Å². The molecular weight excluding hydrogens is 398 g/mol. The summed E-state index contributed by atoms with van der Waals surface area (Å²) in [4.78, 5) is 16.5. The molecular formula is C18H25N5O3S2. The maximum absolute atomic E-state index is 12.0. The Balaban J connectivity index is 1.36. The van der Waals surface area contributed by atoms with Crippen LogP contribution in [-0.4, -0.2) is 41.8 Å². The average molecular weight is 424 g/mol. The number of primary sulfonamides is 1. The van der Waals surface area contributed by atoms with Gasteiger partial charge in [0, 0.05) is 13.0 Å². The van der Waals surface area contributed by atoms with Gasteiger partial charge in [-0.2, -0.15) is 0 Å². The van der Waals surface area contributed by atoms with Crippen molar-refractivity contribution in [3.8, 4) is 0 Å². The minimum absolute atomic E-state index is 0.0792. The maximum Gasteiger partial charge on any atom is 0.238 e. The van der Waals surface area contributed by atoms with E-state index in [-0.39, 0.29) is 16.6 Å². The molecule has 1 aromatic carbocycles. The number of nitrogens with one attached hydrogen (secondary N) is 2. The van der Waals surface area contributed by atoms with Crippen molar-refractivity contribution in [3.05, 3.63) is 35.7 Å². The topological polar surface area (TPSA) is 131 Å². The molecule has 1 heterocycles. The van der Waals surface area contributed by atoms with Crippen molar-refractivity contribution >= 4 is 27.7 Å². The lowest BCUT2D eigenvalue weighted by molar-refractivity contribution is -0.118. The van der Waals surface area contributed by atoms with Gasteiger partial charge in [0.2, 0.25) is 21.1 Å². The number of nitrogens with two attached hydrogens (primary N) is 1. The van der Waals surface area contributed by atoms with Crippen molar-refractivity contribution in [2.45, 2.75) is 48.6 Å². The molecule has 2 aromatic rings. The van der Waals surface area contributed by atoms with E-state index in [0.29, 0.717) is 24.0 Å². The quantitative estimate of drug-likeness (QED) is 0.526. The van der Waals surface area contributed by atoms with E-state index in [0.717, 1.165) is 17.8 Å². The van der Waals surface area contributed by atoms with Gasteiger partial charge in [-0.1, -0.05) is 49.6 Å². The first kappa shape index (κ1) is 20.8. The van der Waals surface area contributed by atoms with Crippen LogP contribution in [0.4, 0.5) is 0 Å². The van der Waals surface area contributed by atoms with Gasteiger partial charge in [0.1, 0.15) is 5.82 Å². The van der Waals surface area contributed by atoms with E-state index in [2.05, 4.69) is 20.5 Å². The minimum Gasteiger partial charge on any atom is -0.355 e. The fraction of sp³-hybridized carbons (Fsp3) is 0.500. The van der Waals surface area contributed by atoms with Gasteiger partial charge in [-0.25, -0.2) is 18.5 Å². The molecule has 8 nitrogen and oxygen atoms in total. The molecule has 0 aliphatic heterocycles. The zero-order chi connectivity index (χ0) is 20.0. The first-order chi connectivity index (χ1) is 13.4. The van der Waals surface area contributed by atoms with Crippen molar-refractivity contribution in [3.63, 3.8) is 0 Å². The number of thioether (sulfide) groups is 1. The molecule has 10 heteroatoms. The number of hydrogen-bond donors (Lipinski definition) is 3. The van der Waals surface area contributed by atoms with Gasteiger partial charge in [0.15, 0.2) is 0 Å². The molecule has 1 aliphatic rings. The van der Waals surface area contributed by atoms with Crippen molar-refractivity contribution in [2.24, 2.45) is 11.1 Å². The Morgan fingerprint density at radius 3 is 2.64 bits per heavy atom. The minimum atomic E-state index is -3.68. The number of hydrogen-bond acceptors (Lipinski definition) is 6. The van der Waals surface area contributed by atoms with Gasteiger partial charge in [-0.05, 0) is 30.0 Å². The zero-order valence-electron chi connectivity index (χ0n) is 15.6. The normalized spacial score (nSPS) is 15.0. The summed E-state index contributed by atoms with van der Waals surface area (Å²) in [6.45, 7) is 0.467. The number of rotatable bonds is 9. The second kappa shape index (κ2) is 9.53. The van der Waals surface area contributed by atoms with Crippen LogP contribution in [0.1, 0.15) is 37.1 Å². The van der Waals surface area contributed by atoms with E-state index in [4.69, 9.17) is 5.14 Å². The van der Waals surface area contributed by atoms with Gasteiger partial charge >= 0.3 is 0 Å².